The van der Waals surface area contributed by atoms with Crippen LogP contribution in [0.2, 0.25) is 0 Å². The van der Waals surface area contributed by atoms with Gasteiger partial charge in [0.25, 0.3) is 5.69 Å². The van der Waals surface area contributed by atoms with E-state index in [0.29, 0.717) is 5.69 Å². The molecule has 1 saturated heterocycles. The van der Waals surface area contributed by atoms with Crippen molar-refractivity contribution in [2.24, 2.45) is 5.92 Å². The minimum absolute atomic E-state index is 0.0134. The van der Waals surface area contributed by atoms with Gasteiger partial charge in [0.15, 0.2) is 0 Å². The van der Waals surface area contributed by atoms with Gasteiger partial charge in [0.1, 0.15) is 11.6 Å². The number of hydrogen-bond donors (Lipinski definition) is 1. The highest BCUT2D eigenvalue weighted by atomic mass is 19.1. The largest absolute Gasteiger partial charge is 0.495 e. The second-order valence-electron chi connectivity index (χ2n) is 6.01. The zero-order valence-corrected chi connectivity index (χ0v) is 14.3. The number of carbonyl (C=O) groups excluding carboxylic acids is 2. The van der Waals surface area contributed by atoms with Crippen molar-refractivity contribution >= 4 is 28.9 Å². The second-order valence-corrected chi connectivity index (χ2v) is 6.01. The number of methoxy groups -OCH3 is 1. The van der Waals surface area contributed by atoms with Gasteiger partial charge in [-0.1, -0.05) is 0 Å². The lowest BCUT2D eigenvalue weighted by Gasteiger charge is -2.17. The van der Waals surface area contributed by atoms with Crippen LogP contribution in [0.15, 0.2) is 42.5 Å². The molecule has 9 heteroatoms. The highest BCUT2D eigenvalue weighted by Gasteiger charge is 2.35. The number of nitrogens with zero attached hydrogens (tertiary/aromatic N) is 2. The summed E-state index contributed by atoms with van der Waals surface area (Å²) in [4.78, 5) is 36.6. The monoisotopic (exact) mass is 373 g/mol. The first-order valence-electron chi connectivity index (χ1n) is 8.08. The van der Waals surface area contributed by atoms with E-state index < -0.39 is 22.6 Å². The van der Waals surface area contributed by atoms with Gasteiger partial charge in [0, 0.05) is 30.8 Å². The third-order valence-corrected chi connectivity index (χ3v) is 4.29. The lowest BCUT2D eigenvalue weighted by molar-refractivity contribution is -0.384. The predicted molar refractivity (Wildman–Crippen MR) is 95.1 cm³/mol. The number of ether oxygens (including phenoxy) is 1. The van der Waals surface area contributed by atoms with Crippen LogP contribution in [0, 0.1) is 21.8 Å². The third kappa shape index (κ3) is 3.86. The van der Waals surface area contributed by atoms with E-state index in [9.17, 15) is 24.1 Å². The van der Waals surface area contributed by atoms with Crippen LogP contribution in [0.1, 0.15) is 6.42 Å². The highest BCUT2D eigenvalue weighted by Crippen LogP contribution is 2.31. The van der Waals surface area contributed by atoms with Crippen LogP contribution < -0.4 is 15.0 Å². The SMILES string of the molecule is COc1ccc([N+](=O)[O-])cc1NC(=O)C1CC(=O)N(c2ccc(F)cc2)C1. The van der Waals surface area contributed by atoms with Gasteiger partial charge in [0.2, 0.25) is 11.8 Å². The Morgan fingerprint density at radius 3 is 2.63 bits per heavy atom. The molecule has 1 aliphatic heterocycles. The number of nitro benzene ring substituents is 1. The molecule has 0 aliphatic carbocycles. The molecule has 1 fully saturated rings. The number of amides is 2. The van der Waals surface area contributed by atoms with Crippen molar-refractivity contribution < 1.29 is 23.6 Å². The number of halogens is 1. The van der Waals surface area contributed by atoms with Crippen molar-refractivity contribution in [2.45, 2.75) is 6.42 Å². The Kier molecular flexibility index (Phi) is 5.02. The first-order valence-corrected chi connectivity index (χ1v) is 8.08. The van der Waals surface area contributed by atoms with Crippen molar-refractivity contribution in [1.82, 2.24) is 0 Å². The maximum atomic E-state index is 13.1. The van der Waals surface area contributed by atoms with Gasteiger partial charge in [-0.25, -0.2) is 4.39 Å². The Morgan fingerprint density at radius 2 is 2.00 bits per heavy atom. The topological polar surface area (TPSA) is 102 Å². The van der Waals surface area contributed by atoms with Crippen LogP contribution in [0.4, 0.5) is 21.5 Å². The van der Waals surface area contributed by atoms with Crippen LogP contribution in [0.25, 0.3) is 0 Å². The molecule has 1 heterocycles. The van der Waals surface area contributed by atoms with Crippen LogP contribution in [0.5, 0.6) is 5.75 Å². The molecule has 2 aromatic rings. The van der Waals surface area contributed by atoms with E-state index in [1.807, 2.05) is 0 Å². The fourth-order valence-electron chi connectivity index (χ4n) is 2.90. The quantitative estimate of drug-likeness (QED) is 0.641. The number of benzene rings is 2. The maximum absolute atomic E-state index is 13.1. The summed E-state index contributed by atoms with van der Waals surface area (Å²) in [6.07, 6.45) is -0.0134. The molecule has 3 rings (SSSR count). The number of nitrogens with one attached hydrogen (secondary N) is 1. The molecule has 8 nitrogen and oxygen atoms in total. The smallest absolute Gasteiger partial charge is 0.271 e. The Balaban J connectivity index is 1.75. The fraction of sp³-hybridized carbons (Fsp3) is 0.222. The first-order chi connectivity index (χ1) is 12.9. The summed E-state index contributed by atoms with van der Waals surface area (Å²) in [6.45, 7) is 0.132. The maximum Gasteiger partial charge on any atom is 0.271 e. The average Bonchev–Trinajstić information content (AvgIpc) is 3.04. The average molecular weight is 373 g/mol. The molecular weight excluding hydrogens is 357 g/mol. The van der Waals surface area contributed by atoms with Crippen molar-refractivity contribution in [3.63, 3.8) is 0 Å². The van der Waals surface area contributed by atoms with Crippen molar-refractivity contribution in [1.29, 1.82) is 0 Å². The van der Waals surface area contributed by atoms with Gasteiger partial charge in [-0.05, 0) is 30.3 Å². The lowest BCUT2D eigenvalue weighted by atomic mass is 10.1. The lowest BCUT2D eigenvalue weighted by Crippen LogP contribution is -2.28. The molecule has 0 bridgehead atoms. The Morgan fingerprint density at radius 1 is 1.30 bits per heavy atom. The Bertz CT molecular complexity index is 900. The van der Waals surface area contributed by atoms with E-state index >= 15 is 0 Å². The van der Waals surface area contributed by atoms with Gasteiger partial charge in [-0.15, -0.1) is 0 Å². The van der Waals surface area contributed by atoms with Crippen LogP contribution in [-0.4, -0.2) is 30.4 Å². The zero-order chi connectivity index (χ0) is 19.6. The van der Waals surface area contributed by atoms with Gasteiger partial charge >= 0.3 is 0 Å². The van der Waals surface area contributed by atoms with E-state index in [-0.39, 0.29) is 36.0 Å². The highest BCUT2D eigenvalue weighted by molar-refractivity contribution is 6.04. The van der Waals surface area contributed by atoms with E-state index in [4.69, 9.17) is 4.74 Å². The molecule has 0 spiro atoms. The third-order valence-electron chi connectivity index (χ3n) is 4.29. The number of hydrogen-bond acceptors (Lipinski definition) is 5. The number of rotatable bonds is 5. The molecule has 2 aromatic carbocycles. The molecule has 1 aliphatic rings. The molecule has 0 saturated carbocycles. The van der Waals surface area contributed by atoms with Crippen molar-refractivity contribution in [3.8, 4) is 5.75 Å². The number of non-ortho nitro benzene ring substituents is 1. The first kappa shape index (κ1) is 18.3. The van der Waals surface area contributed by atoms with Crippen molar-refractivity contribution in [3.05, 3.63) is 58.4 Å². The van der Waals surface area contributed by atoms with Crippen LogP contribution in [-0.2, 0) is 9.59 Å². The minimum atomic E-state index is -0.647. The van der Waals surface area contributed by atoms with Crippen LogP contribution >= 0.6 is 0 Å². The minimum Gasteiger partial charge on any atom is -0.495 e. The molecule has 2 amide bonds. The standard InChI is InChI=1S/C18H16FN3O5/c1-27-16-7-6-14(22(25)26)9-15(16)20-18(24)11-8-17(23)21(10-11)13-4-2-12(19)3-5-13/h2-7,9,11H,8,10H2,1H3,(H,20,24). The molecule has 140 valence electrons. The molecule has 0 radical (unpaired) electrons. The van der Waals surface area contributed by atoms with Gasteiger partial charge in [-0.2, -0.15) is 0 Å². The summed E-state index contributed by atoms with van der Waals surface area (Å²) >= 11 is 0. The zero-order valence-electron chi connectivity index (χ0n) is 14.3. The summed E-state index contributed by atoms with van der Waals surface area (Å²) < 4.78 is 18.2. The summed E-state index contributed by atoms with van der Waals surface area (Å²) in [5, 5.41) is 13.5. The number of carbonyl (C=O) groups is 2. The van der Waals surface area contributed by atoms with Crippen molar-refractivity contribution in [2.75, 3.05) is 23.9 Å². The molecular formula is C18H16FN3O5. The summed E-state index contributed by atoms with van der Waals surface area (Å²) in [6, 6.07) is 9.27. The Labute approximate surface area is 153 Å². The van der Waals surface area contributed by atoms with E-state index in [1.165, 1.54) is 54.5 Å². The van der Waals surface area contributed by atoms with Gasteiger partial charge in [-0.3, -0.25) is 19.7 Å². The molecule has 0 aromatic heterocycles. The Hall–Kier alpha value is -3.49. The molecule has 1 atom stereocenters. The van der Waals surface area contributed by atoms with E-state index in [0.717, 1.165) is 0 Å². The van der Waals surface area contributed by atoms with E-state index in [2.05, 4.69) is 5.32 Å². The normalized spacial score (nSPS) is 16.3. The van der Waals surface area contributed by atoms with Crippen LogP contribution in [0.3, 0.4) is 0 Å². The summed E-state index contributed by atoms with van der Waals surface area (Å²) in [5.41, 5.74) is 0.468. The predicted octanol–water partition coefficient (Wildman–Crippen LogP) is 2.73. The second kappa shape index (κ2) is 7.40. The summed E-state index contributed by atoms with van der Waals surface area (Å²) in [5.74, 6) is -1.50. The fourth-order valence-corrected chi connectivity index (χ4v) is 2.90. The van der Waals surface area contributed by atoms with Gasteiger partial charge < -0.3 is 15.0 Å². The van der Waals surface area contributed by atoms with Gasteiger partial charge in [0.05, 0.1) is 23.6 Å². The molecule has 1 N–H and O–H groups in total. The summed E-state index contributed by atoms with van der Waals surface area (Å²) in [7, 11) is 1.38. The molecule has 27 heavy (non-hydrogen) atoms. The van der Waals surface area contributed by atoms with E-state index in [1.54, 1.807) is 0 Å². The molecule has 1 unspecified atom stereocenters. The number of nitro groups is 1. The number of anilines is 2.